The normalized spacial score (nSPS) is 20.5. The maximum atomic E-state index is 2.88. The molecule has 4 heteroatoms. The Bertz CT molecular complexity index is 255. The number of nitrogens with zero attached hydrogens (tertiary/aromatic N) is 3. The number of hydrogen-bond donors (Lipinski definition) is 0. The van der Waals surface area contributed by atoms with Gasteiger partial charge in [0.25, 0.3) is 0 Å². The Morgan fingerprint density at radius 1 is 0.842 bits per heavy atom. The number of hydrogen-bond acceptors (Lipinski definition) is 3. The van der Waals surface area contributed by atoms with Crippen molar-refractivity contribution in [2.75, 3.05) is 0 Å². The summed E-state index contributed by atoms with van der Waals surface area (Å²) in [5.41, 5.74) is 0. The molecule has 1 heterocycles. The Kier molecular flexibility index (Phi) is 6.62. The Hall–Kier alpha value is 0.679. The van der Waals surface area contributed by atoms with Crippen LogP contribution in [0.15, 0.2) is 0 Å². The van der Waals surface area contributed by atoms with Crippen molar-refractivity contribution < 1.29 is 0 Å². The maximum absolute atomic E-state index is 2.88. The molecule has 0 bridgehead atoms. The van der Waals surface area contributed by atoms with E-state index in [9.17, 15) is 0 Å². The van der Waals surface area contributed by atoms with E-state index in [2.05, 4.69) is 71.7 Å². The zero-order valence-corrected chi connectivity index (χ0v) is 17.3. The Morgan fingerprint density at radius 2 is 1.21 bits per heavy atom. The summed E-state index contributed by atoms with van der Waals surface area (Å²) in [5, 5.41) is 0. The van der Waals surface area contributed by atoms with Crippen LogP contribution in [-0.4, -0.2) is 60.3 Å². The molecular formula is C15H34N3Sn. The molecule has 3 nitrogen and oxygen atoms in total. The van der Waals surface area contributed by atoms with E-state index in [1.165, 1.54) is 6.42 Å². The van der Waals surface area contributed by atoms with Gasteiger partial charge in [-0.05, 0) is 0 Å². The molecule has 0 spiro atoms. The van der Waals surface area contributed by atoms with Crippen molar-refractivity contribution in [2.45, 2.75) is 99.1 Å². The van der Waals surface area contributed by atoms with Crippen LogP contribution in [-0.2, 0) is 0 Å². The fourth-order valence-electron chi connectivity index (χ4n) is 3.35. The summed E-state index contributed by atoms with van der Waals surface area (Å²) in [7, 11) is 0. The molecule has 0 aliphatic carbocycles. The van der Waals surface area contributed by atoms with Gasteiger partial charge in [-0.3, -0.25) is 0 Å². The van der Waals surface area contributed by atoms with Gasteiger partial charge >= 0.3 is 129 Å². The molecule has 0 unspecified atom stereocenters. The first kappa shape index (κ1) is 17.7. The Balaban J connectivity index is 3.04. The topological polar surface area (TPSA) is 9.72 Å². The summed E-state index contributed by atoms with van der Waals surface area (Å²) in [5.74, 6) is 0. The molecule has 1 radical (unpaired) electrons. The Morgan fingerprint density at radius 3 is 1.42 bits per heavy atom. The average Bonchev–Trinajstić information content (AvgIpc) is 2.20. The second-order valence-electron chi connectivity index (χ2n) is 6.79. The first-order valence-corrected chi connectivity index (χ1v) is 11.8. The van der Waals surface area contributed by atoms with E-state index in [1.807, 2.05) is 0 Å². The molecule has 0 saturated carbocycles. The third-order valence-electron chi connectivity index (χ3n) is 3.93. The minimum absolute atomic E-state index is 0.662. The van der Waals surface area contributed by atoms with E-state index in [-0.39, 0.29) is 0 Å². The predicted molar refractivity (Wildman–Crippen MR) is 85.9 cm³/mol. The van der Waals surface area contributed by atoms with E-state index in [4.69, 9.17) is 0 Å². The van der Waals surface area contributed by atoms with Crippen molar-refractivity contribution in [1.82, 2.24) is 9.36 Å². The molecule has 0 aromatic rings. The van der Waals surface area contributed by atoms with Gasteiger partial charge in [0, 0.05) is 0 Å². The summed E-state index contributed by atoms with van der Waals surface area (Å²) < 4.78 is 8.60. The minimum atomic E-state index is -1.82. The van der Waals surface area contributed by atoms with E-state index >= 15 is 0 Å². The number of rotatable bonds is 6. The van der Waals surface area contributed by atoms with Crippen molar-refractivity contribution in [3.8, 4) is 0 Å². The monoisotopic (exact) mass is 376 g/mol. The molecule has 0 aromatic heterocycles. The van der Waals surface area contributed by atoms with Gasteiger partial charge in [0.05, 0.1) is 0 Å². The molecule has 1 fully saturated rings. The fourth-order valence-corrected chi connectivity index (χ4v) is 13.7. The van der Waals surface area contributed by atoms with E-state index in [0.29, 0.717) is 30.3 Å². The second-order valence-corrected chi connectivity index (χ2v) is 12.9. The van der Waals surface area contributed by atoms with Gasteiger partial charge < -0.3 is 0 Å². The predicted octanol–water partition coefficient (Wildman–Crippen LogP) is 3.26. The first-order valence-electron chi connectivity index (χ1n) is 7.95. The second kappa shape index (κ2) is 7.10. The van der Waals surface area contributed by atoms with Crippen LogP contribution in [0, 0.1) is 0 Å². The summed E-state index contributed by atoms with van der Waals surface area (Å²) in [6, 6.07) is 2.70. The van der Waals surface area contributed by atoms with Crippen LogP contribution in [0.5, 0.6) is 0 Å². The van der Waals surface area contributed by atoms with Crippen LogP contribution in [0.25, 0.3) is 0 Å². The Labute approximate surface area is 129 Å². The standard InChI is InChI=1S/C9H20N2.C6H14N.Sn/c1-6-9(10-7(2)3)11-8(4)5;1-5(2)7-6(3)4;/h7-9H,6H2,1-5H3;5-6H,1-4H3;/q-2;-1;+3. The molecule has 1 saturated heterocycles. The molecule has 0 aromatic carbocycles. The molecule has 1 aliphatic rings. The van der Waals surface area contributed by atoms with Crippen LogP contribution >= 0.6 is 0 Å². The van der Waals surface area contributed by atoms with E-state index < -0.39 is 20.6 Å². The van der Waals surface area contributed by atoms with Crippen molar-refractivity contribution in [3.05, 3.63) is 0 Å². The van der Waals surface area contributed by atoms with Crippen LogP contribution in [0.1, 0.15) is 68.7 Å². The van der Waals surface area contributed by atoms with E-state index in [0.717, 1.165) is 0 Å². The molecular weight excluding hydrogens is 341 g/mol. The third kappa shape index (κ3) is 3.47. The molecule has 1 rings (SSSR count). The summed E-state index contributed by atoms with van der Waals surface area (Å²) in [6.45, 7) is 21.3. The quantitative estimate of drug-likeness (QED) is 0.660. The molecule has 0 amide bonds. The molecule has 0 N–H and O–H groups in total. The van der Waals surface area contributed by atoms with Gasteiger partial charge in [0.1, 0.15) is 0 Å². The van der Waals surface area contributed by atoms with Crippen LogP contribution in [0.2, 0.25) is 0 Å². The molecule has 19 heavy (non-hydrogen) atoms. The van der Waals surface area contributed by atoms with E-state index in [1.54, 1.807) is 0 Å². The van der Waals surface area contributed by atoms with Crippen molar-refractivity contribution in [1.29, 1.82) is 0 Å². The third-order valence-corrected chi connectivity index (χ3v) is 15.5. The molecule has 0 atom stereocenters. The van der Waals surface area contributed by atoms with Gasteiger partial charge in [-0.25, -0.2) is 0 Å². The van der Waals surface area contributed by atoms with Gasteiger partial charge in [-0.1, -0.05) is 0 Å². The van der Waals surface area contributed by atoms with Crippen molar-refractivity contribution in [3.63, 3.8) is 0 Å². The zero-order chi connectivity index (χ0) is 14.9. The molecule has 1 aliphatic heterocycles. The summed E-state index contributed by atoms with van der Waals surface area (Å²) in [4.78, 5) is 0. The zero-order valence-electron chi connectivity index (χ0n) is 14.4. The van der Waals surface area contributed by atoms with Crippen molar-refractivity contribution >= 4 is 20.6 Å². The van der Waals surface area contributed by atoms with Crippen LogP contribution in [0.4, 0.5) is 0 Å². The van der Waals surface area contributed by atoms with Gasteiger partial charge in [-0.2, -0.15) is 0 Å². The van der Waals surface area contributed by atoms with Crippen LogP contribution < -0.4 is 0 Å². The van der Waals surface area contributed by atoms with Crippen molar-refractivity contribution in [2.24, 2.45) is 0 Å². The summed E-state index contributed by atoms with van der Waals surface area (Å²) >= 11 is -1.82. The average molecular weight is 375 g/mol. The van der Waals surface area contributed by atoms with Gasteiger partial charge in [-0.15, -0.1) is 0 Å². The van der Waals surface area contributed by atoms with Gasteiger partial charge in [0.2, 0.25) is 0 Å². The fraction of sp³-hybridized carbons (Fsp3) is 1.00. The molecule has 113 valence electrons. The van der Waals surface area contributed by atoms with Crippen LogP contribution in [0.3, 0.4) is 0 Å². The first-order chi connectivity index (χ1) is 8.73. The SMILES string of the molecule is CCC1[N](C(C)C)[Sn]([N](C(C)C)C(C)C)[N]1C(C)C. The van der Waals surface area contributed by atoms with Gasteiger partial charge in [0.15, 0.2) is 0 Å². The summed E-state index contributed by atoms with van der Waals surface area (Å²) in [6.07, 6.45) is 1.94.